The van der Waals surface area contributed by atoms with Gasteiger partial charge in [-0.15, -0.1) is 0 Å². The lowest BCUT2D eigenvalue weighted by Gasteiger charge is -2.10. The lowest BCUT2D eigenvalue weighted by molar-refractivity contribution is 0.0598. The highest BCUT2D eigenvalue weighted by atomic mass is 19.3. The van der Waals surface area contributed by atoms with Gasteiger partial charge in [0.05, 0.1) is 24.1 Å². The zero-order valence-corrected chi connectivity index (χ0v) is 8.96. The third-order valence-corrected chi connectivity index (χ3v) is 2.16. The second kappa shape index (κ2) is 4.98. The van der Waals surface area contributed by atoms with Crippen LogP contribution in [0.4, 0.5) is 8.78 Å². The lowest BCUT2D eigenvalue weighted by atomic mass is 10.1. The van der Waals surface area contributed by atoms with Crippen LogP contribution in [0.2, 0.25) is 0 Å². The van der Waals surface area contributed by atoms with Crippen LogP contribution in [0, 0.1) is 6.92 Å². The van der Waals surface area contributed by atoms with Gasteiger partial charge in [0.2, 0.25) is 0 Å². The second-order valence-electron chi connectivity index (χ2n) is 3.15. The standard InChI is InChI=1S/C10H12F2N2O2/c1-5-6(10(15)16-2)3-7(9(11)12)8(4-13)14-5/h3,9H,4,13H2,1-2H3. The first-order chi connectivity index (χ1) is 7.51. The third-order valence-electron chi connectivity index (χ3n) is 2.16. The summed E-state index contributed by atoms with van der Waals surface area (Å²) < 4.78 is 29.8. The summed E-state index contributed by atoms with van der Waals surface area (Å²) in [6.07, 6.45) is -2.71. The number of methoxy groups -OCH3 is 1. The number of halogens is 2. The summed E-state index contributed by atoms with van der Waals surface area (Å²) in [5, 5.41) is 0. The number of esters is 1. The van der Waals surface area contributed by atoms with E-state index in [9.17, 15) is 13.6 Å². The smallest absolute Gasteiger partial charge is 0.339 e. The van der Waals surface area contributed by atoms with Gasteiger partial charge in [-0.05, 0) is 13.0 Å². The number of hydrogen-bond acceptors (Lipinski definition) is 4. The van der Waals surface area contributed by atoms with E-state index < -0.39 is 12.4 Å². The van der Waals surface area contributed by atoms with Crippen molar-refractivity contribution in [3.8, 4) is 0 Å². The van der Waals surface area contributed by atoms with Gasteiger partial charge in [0.15, 0.2) is 0 Å². The Kier molecular flexibility index (Phi) is 3.89. The summed E-state index contributed by atoms with van der Waals surface area (Å²) in [5.41, 5.74) is 5.44. The Bertz CT molecular complexity index is 408. The van der Waals surface area contributed by atoms with E-state index in [0.717, 1.165) is 6.07 Å². The van der Waals surface area contributed by atoms with Gasteiger partial charge in [-0.3, -0.25) is 4.98 Å². The van der Waals surface area contributed by atoms with Crippen molar-refractivity contribution >= 4 is 5.97 Å². The fraction of sp³-hybridized carbons (Fsp3) is 0.400. The molecule has 0 bridgehead atoms. The van der Waals surface area contributed by atoms with Gasteiger partial charge in [0, 0.05) is 12.1 Å². The van der Waals surface area contributed by atoms with E-state index in [1.165, 1.54) is 7.11 Å². The maximum atomic E-state index is 12.6. The van der Waals surface area contributed by atoms with Crippen LogP contribution >= 0.6 is 0 Å². The van der Waals surface area contributed by atoms with Gasteiger partial charge in [0.1, 0.15) is 0 Å². The van der Waals surface area contributed by atoms with Crippen molar-refractivity contribution in [1.82, 2.24) is 4.98 Å². The summed E-state index contributed by atoms with van der Waals surface area (Å²) in [7, 11) is 1.18. The molecular formula is C10H12F2N2O2. The summed E-state index contributed by atoms with van der Waals surface area (Å²) in [6, 6.07) is 1.08. The van der Waals surface area contributed by atoms with Crippen molar-refractivity contribution in [3.05, 3.63) is 28.6 Å². The Hall–Kier alpha value is -1.56. The first-order valence-electron chi connectivity index (χ1n) is 4.58. The topological polar surface area (TPSA) is 65.2 Å². The molecular weight excluding hydrogens is 218 g/mol. The molecule has 2 N–H and O–H groups in total. The minimum atomic E-state index is -2.71. The highest BCUT2D eigenvalue weighted by Gasteiger charge is 2.19. The molecule has 0 aliphatic carbocycles. The number of alkyl halides is 2. The maximum absolute atomic E-state index is 12.6. The largest absolute Gasteiger partial charge is 0.465 e. The molecule has 1 aromatic heterocycles. The van der Waals surface area contributed by atoms with E-state index in [0.29, 0.717) is 5.69 Å². The highest BCUT2D eigenvalue weighted by molar-refractivity contribution is 5.90. The molecule has 0 radical (unpaired) electrons. The molecule has 1 aromatic rings. The van der Waals surface area contributed by atoms with Crippen molar-refractivity contribution in [1.29, 1.82) is 0 Å². The molecule has 0 spiro atoms. The molecule has 88 valence electrons. The van der Waals surface area contributed by atoms with Crippen molar-refractivity contribution in [2.45, 2.75) is 19.9 Å². The summed E-state index contributed by atoms with van der Waals surface area (Å²) >= 11 is 0. The molecule has 16 heavy (non-hydrogen) atoms. The first kappa shape index (κ1) is 12.5. The zero-order chi connectivity index (χ0) is 12.3. The van der Waals surface area contributed by atoms with E-state index in [1.807, 2.05) is 0 Å². The van der Waals surface area contributed by atoms with Crippen LogP contribution in [0.5, 0.6) is 0 Å². The number of ether oxygens (including phenoxy) is 1. The van der Waals surface area contributed by atoms with E-state index in [1.54, 1.807) is 6.92 Å². The predicted octanol–water partition coefficient (Wildman–Crippen LogP) is 1.57. The van der Waals surface area contributed by atoms with E-state index in [-0.39, 0.29) is 23.4 Å². The van der Waals surface area contributed by atoms with Crippen LogP contribution in [0.1, 0.15) is 33.7 Å². The molecule has 0 fully saturated rings. The van der Waals surface area contributed by atoms with Gasteiger partial charge < -0.3 is 10.5 Å². The number of nitrogens with two attached hydrogens (primary N) is 1. The molecule has 0 atom stereocenters. The molecule has 6 heteroatoms. The Morgan fingerprint density at radius 2 is 2.25 bits per heavy atom. The fourth-order valence-electron chi connectivity index (χ4n) is 1.34. The van der Waals surface area contributed by atoms with Crippen LogP contribution in [0.3, 0.4) is 0 Å². The van der Waals surface area contributed by atoms with Gasteiger partial charge >= 0.3 is 5.97 Å². The quantitative estimate of drug-likeness (QED) is 0.800. The minimum absolute atomic E-state index is 0.0370. The fourth-order valence-corrected chi connectivity index (χ4v) is 1.34. The van der Waals surface area contributed by atoms with Crippen molar-refractivity contribution in [3.63, 3.8) is 0 Å². The van der Waals surface area contributed by atoms with Crippen LogP contribution in [-0.2, 0) is 11.3 Å². The van der Waals surface area contributed by atoms with Gasteiger partial charge in [-0.25, -0.2) is 13.6 Å². The Balaban J connectivity index is 3.33. The molecule has 1 heterocycles. The van der Waals surface area contributed by atoms with Gasteiger partial charge in [-0.2, -0.15) is 0 Å². The van der Waals surface area contributed by atoms with Crippen molar-refractivity contribution in [2.24, 2.45) is 5.73 Å². The average Bonchev–Trinajstić information content (AvgIpc) is 2.27. The van der Waals surface area contributed by atoms with E-state index in [4.69, 9.17) is 5.73 Å². The lowest BCUT2D eigenvalue weighted by Crippen LogP contribution is -2.12. The second-order valence-corrected chi connectivity index (χ2v) is 3.15. The first-order valence-corrected chi connectivity index (χ1v) is 4.58. The van der Waals surface area contributed by atoms with Crippen molar-refractivity contribution < 1.29 is 18.3 Å². The molecule has 0 amide bonds. The molecule has 4 nitrogen and oxygen atoms in total. The van der Waals surface area contributed by atoms with Crippen LogP contribution < -0.4 is 5.73 Å². The number of hydrogen-bond donors (Lipinski definition) is 1. The minimum Gasteiger partial charge on any atom is -0.465 e. The third kappa shape index (κ3) is 2.33. The number of rotatable bonds is 3. The van der Waals surface area contributed by atoms with Gasteiger partial charge in [-0.1, -0.05) is 0 Å². The molecule has 0 aliphatic heterocycles. The molecule has 0 aromatic carbocycles. The molecule has 0 saturated carbocycles. The number of aromatic nitrogens is 1. The molecule has 0 saturated heterocycles. The van der Waals surface area contributed by atoms with Crippen LogP contribution in [0.15, 0.2) is 6.07 Å². The van der Waals surface area contributed by atoms with E-state index in [2.05, 4.69) is 9.72 Å². The summed E-state index contributed by atoms with van der Waals surface area (Å²) in [4.78, 5) is 15.1. The van der Waals surface area contributed by atoms with Crippen LogP contribution in [-0.4, -0.2) is 18.1 Å². The predicted molar refractivity (Wildman–Crippen MR) is 53.2 cm³/mol. The SMILES string of the molecule is COC(=O)c1cc(C(F)F)c(CN)nc1C. The number of carbonyl (C=O) groups excluding carboxylic acids is 1. The number of carbonyl (C=O) groups is 1. The molecule has 0 unspecified atom stereocenters. The maximum Gasteiger partial charge on any atom is 0.339 e. The molecule has 0 aliphatic rings. The Morgan fingerprint density at radius 3 is 2.69 bits per heavy atom. The van der Waals surface area contributed by atoms with Crippen LogP contribution in [0.25, 0.3) is 0 Å². The summed E-state index contributed by atoms with van der Waals surface area (Å²) in [5.74, 6) is -0.685. The number of aryl methyl sites for hydroxylation is 1. The van der Waals surface area contributed by atoms with Gasteiger partial charge in [0.25, 0.3) is 6.43 Å². The van der Waals surface area contributed by atoms with E-state index >= 15 is 0 Å². The Labute approximate surface area is 91.4 Å². The highest BCUT2D eigenvalue weighted by Crippen LogP contribution is 2.24. The monoisotopic (exact) mass is 230 g/mol. The molecule has 1 rings (SSSR count). The van der Waals surface area contributed by atoms with Crippen molar-refractivity contribution in [2.75, 3.05) is 7.11 Å². The zero-order valence-electron chi connectivity index (χ0n) is 8.96. The average molecular weight is 230 g/mol. The summed E-state index contributed by atoms with van der Waals surface area (Å²) in [6.45, 7) is 1.45. The number of pyridine rings is 1. The Morgan fingerprint density at radius 1 is 1.62 bits per heavy atom. The number of nitrogens with zero attached hydrogens (tertiary/aromatic N) is 1. The normalized spacial score (nSPS) is 10.6.